The number of rotatable bonds is 12. The van der Waals surface area contributed by atoms with E-state index in [1.165, 1.54) is 18.6 Å². The van der Waals surface area contributed by atoms with Crippen molar-refractivity contribution in [2.75, 3.05) is 26.8 Å². The molecule has 39 heavy (non-hydrogen) atoms. The first-order chi connectivity index (χ1) is 18.9. The van der Waals surface area contributed by atoms with Crippen molar-refractivity contribution < 1.29 is 18.7 Å². The maximum atomic E-state index is 14.0. The number of benzene rings is 2. The lowest BCUT2D eigenvalue weighted by Crippen LogP contribution is -2.48. The first-order valence-corrected chi connectivity index (χ1v) is 14.0. The van der Waals surface area contributed by atoms with E-state index in [2.05, 4.69) is 4.57 Å². The monoisotopic (exact) mass is 533 g/mol. The van der Waals surface area contributed by atoms with E-state index in [0.717, 1.165) is 42.5 Å². The summed E-state index contributed by atoms with van der Waals surface area (Å²) in [4.78, 5) is 31.1. The number of methoxy groups -OCH3 is 1. The van der Waals surface area contributed by atoms with Gasteiger partial charge in [0, 0.05) is 50.3 Å². The average Bonchev–Trinajstić information content (AvgIpc) is 3.39. The highest BCUT2D eigenvalue weighted by atomic mass is 19.1. The van der Waals surface area contributed by atoms with Crippen LogP contribution in [0.5, 0.6) is 0 Å². The van der Waals surface area contributed by atoms with E-state index in [0.29, 0.717) is 38.2 Å². The van der Waals surface area contributed by atoms with Crippen LogP contribution in [0.15, 0.2) is 66.9 Å². The summed E-state index contributed by atoms with van der Waals surface area (Å²) in [6.07, 6.45) is 8.00. The topological polar surface area (TPSA) is 54.8 Å². The Balaban J connectivity index is 1.54. The molecule has 1 aliphatic rings. The second kappa shape index (κ2) is 14.1. The Labute approximate surface area is 231 Å². The molecule has 1 aromatic heterocycles. The molecule has 0 bridgehead atoms. The third-order valence-electron chi connectivity index (χ3n) is 7.55. The molecule has 0 N–H and O–H groups in total. The third kappa shape index (κ3) is 8.02. The van der Waals surface area contributed by atoms with Crippen molar-refractivity contribution in [3.8, 4) is 0 Å². The molecule has 2 amide bonds. The van der Waals surface area contributed by atoms with Crippen molar-refractivity contribution in [2.45, 2.75) is 64.6 Å². The van der Waals surface area contributed by atoms with E-state index in [4.69, 9.17) is 4.74 Å². The molecular formula is C32H40FN3O3. The molecule has 208 valence electrons. The largest absolute Gasteiger partial charge is 0.385 e. The smallest absolute Gasteiger partial charge is 0.254 e. The van der Waals surface area contributed by atoms with Crippen LogP contribution in [0.1, 0.15) is 65.7 Å². The molecule has 1 saturated carbocycles. The molecule has 2 aromatic carbocycles. The molecule has 7 heteroatoms. The van der Waals surface area contributed by atoms with Gasteiger partial charge in [0.15, 0.2) is 0 Å². The quantitative estimate of drug-likeness (QED) is 0.276. The lowest BCUT2D eigenvalue weighted by atomic mass is 9.94. The Morgan fingerprint density at radius 2 is 1.72 bits per heavy atom. The van der Waals surface area contributed by atoms with Crippen LogP contribution in [0.25, 0.3) is 0 Å². The van der Waals surface area contributed by atoms with E-state index in [1.807, 2.05) is 54.4 Å². The summed E-state index contributed by atoms with van der Waals surface area (Å²) in [5.74, 6) is -0.423. The molecule has 0 saturated heterocycles. The fourth-order valence-corrected chi connectivity index (χ4v) is 5.31. The van der Waals surface area contributed by atoms with Gasteiger partial charge in [0.1, 0.15) is 12.4 Å². The number of carbonyl (C=O) groups is 2. The molecule has 0 atom stereocenters. The molecule has 3 aromatic rings. The summed E-state index contributed by atoms with van der Waals surface area (Å²) in [6.45, 7) is 4.07. The van der Waals surface area contributed by atoms with Crippen LogP contribution in [-0.4, -0.2) is 59.0 Å². The van der Waals surface area contributed by atoms with Gasteiger partial charge in [0.25, 0.3) is 5.91 Å². The molecule has 0 radical (unpaired) electrons. The molecule has 1 heterocycles. The fraction of sp³-hybridized carbons (Fsp3) is 0.438. The van der Waals surface area contributed by atoms with Gasteiger partial charge in [0.05, 0.1) is 6.54 Å². The predicted octanol–water partition coefficient (Wildman–Crippen LogP) is 5.82. The summed E-state index contributed by atoms with van der Waals surface area (Å²) in [5.41, 5.74) is 3.69. The highest BCUT2D eigenvalue weighted by Crippen LogP contribution is 2.25. The minimum Gasteiger partial charge on any atom is -0.385 e. The zero-order valence-corrected chi connectivity index (χ0v) is 23.2. The molecule has 0 unspecified atom stereocenters. The Morgan fingerprint density at radius 3 is 2.41 bits per heavy atom. The standard InChI is InChI=1S/C32H40FN3O3/c1-25-11-15-27(16-12-25)32(38)35(20-7-21-39-2)24-31(37)36(29-8-4-3-5-9-29)23-30-10-6-19-34(30)22-26-13-17-28(33)18-14-26/h6,10-19,29H,3-5,7-9,20-24H2,1-2H3. The van der Waals surface area contributed by atoms with Gasteiger partial charge in [-0.3, -0.25) is 9.59 Å². The zero-order chi connectivity index (χ0) is 27.6. The second-order valence-electron chi connectivity index (χ2n) is 10.5. The van der Waals surface area contributed by atoms with Crippen molar-refractivity contribution in [3.63, 3.8) is 0 Å². The molecule has 1 fully saturated rings. The van der Waals surface area contributed by atoms with Crippen LogP contribution >= 0.6 is 0 Å². The lowest BCUT2D eigenvalue weighted by molar-refractivity contribution is -0.135. The van der Waals surface area contributed by atoms with Crippen LogP contribution in [0, 0.1) is 12.7 Å². The van der Waals surface area contributed by atoms with E-state index >= 15 is 0 Å². The maximum absolute atomic E-state index is 14.0. The van der Waals surface area contributed by atoms with E-state index in [1.54, 1.807) is 24.1 Å². The SMILES string of the molecule is COCCCN(CC(=O)N(Cc1cccn1Cc1ccc(F)cc1)C1CCCCC1)C(=O)c1ccc(C)cc1. The molecule has 1 aliphatic carbocycles. The van der Waals surface area contributed by atoms with Gasteiger partial charge >= 0.3 is 0 Å². The van der Waals surface area contributed by atoms with Crippen LogP contribution in [0.3, 0.4) is 0 Å². The van der Waals surface area contributed by atoms with E-state index in [9.17, 15) is 14.0 Å². The molecular weight excluding hydrogens is 493 g/mol. The van der Waals surface area contributed by atoms with Crippen LogP contribution in [0.4, 0.5) is 4.39 Å². The fourth-order valence-electron chi connectivity index (χ4n) is 5.31. The predicted molar refractivity (Wildman–Crippen MR) is 151 cm³/mol. The Morgan fingerprint density at radius 1 is 1.00 bits per heavy atom. The normalized spacial score (nSPS) is 13.8. The molecule has 6 nitrogen and oxygen atoms in total. The average molecular weight is 534 g/mol. The van der Waals surface area contributed by atoms with Crippen molar-refractivity contribution in [3.05, 3.63) is 95.1 Å². The van der Waals surface area contributed by atoms with Crippen molar-refractivity contribution in [2.24, 2.45) is 0 Å². The number of hydrogen-bond acceptors (Lipinski definition) is 3. The minimum absolute atomic E-state index is 0.0330. The number of aryl methyl sites for hydroxylation is 1. The van der Waals surface area contributed by atoms with Crippen LogP contribution in [0.2, 0.25) is 0 Å². The van der Waals surface area contributed by atoms with Crippen LogP contribution < -0.4 is 0 Å². The zero-order valence-electron chi connectivity index (χ0n) is 23.2. The van der Waals surface area contributed by atoms with Crippen LogP contribution in [-0.2, 0) is 22.6 Å². The van der Waals surface area contributed by atoms with E-state index < -0.39 is 0 Å². The first kappa shape index (κ1) is 28.6. The number of hydrogen-bond donors (Lipinski definition) is 0. The van der Waals surface area contributed by atoms with E-state index in [-0.39, 0.29) is 30.2 Å². The third-order valence-corrected chi connectivity index (χ3v) is 7.55. The summed E-state index contributed by atoms with van der Waals surface area (Å²) in [5, 5.41) is 0. The van der Waals surface area contributed by atoms with Gasteiger partial charge in [-0.15, -0.1) is 0 Å². The first-order valence-electron chi connectivity index (χ1n) is 14.0. The number of halogens is 1. The number of aromatic nitrogens is 1. The van der Waals surface area contributed by atoms with Crippen molar-refractivity contribution in [1.29, 1.82) is 0 Å². The second-order valence-corrected chi connectivity index (χ2v) is 10.5. The summed E-state index contributed by atoms with van der Waals surface area (Å²) in [7, 11) is 1.64. The van der Waals surface area contributed by atoms with Crippen molar-refractivity contribution >= 4 is 11.8 Å². The number of carbonyl (C=O) groups excluding carboxylic acids is 2. The van der Waals surface area contributed by atoms with Gasteiger partial charge in [-0.05, 0) is 68.1 Å². The van der Waals surface area contributed by atoms with Crippen molar-refractivity contribution in [1.82, 2.24) is 14.4 Å². The summed E-state index contributed by atoms with van der Waals surface area (Å²) in [6, 6.07) is 18.2. The van der Waals surface area contributed by atoms with Gasteiger partial charge in [0.2, 0.25) is 5.91 Å². The minimum atomic E-state index is -0.254. The number of nitrogens with zero attached hydrogens (tertiary/aromatic N) is 3. The Kier molecular flexibility index (Phi) is 10.3. The molecule has 4 rings (SSSR count). The highest BCUT2D eigenvalue weighted by molar-refractivity contribution is 5.96. The Hall–Kier alpha value is -3.45. The van der Waals surface area contributed by atoms with Gasteiger partial charge in [-0.25, -0.2) is 4.39 Å². The molecule has 0 aliphatic heterocycles. The number of amides is 2. The Bertz CT molecular complexity index is 1200. The van der Waals surface area contributed by atoms with Gasteiger partial charge < -0.3 is 19.1 Å². The van der Waals surface area contributed by atoms with Gasteiger partial charge in [-0.2, -0.15) is 0 Å². The summed E-state index contributed by atoms with van der Waals surface area (Å²) < 4.78 is 20.7. The summed E-state index contributed by atoms with van der Waals surface area (Å²) >= 11 is 0. The highest BCUT2D eigenvalue weighted by Gasteiger charge is 2.29. The number of ether oxygens (including phenoxy) is 1. The van der Waals surface area contributed by atoms with Gasteiger partial charge in [-0.1, -0.05) is 49.1 Å². The molecule has 0 spiro atoms. The maximum Gasteiger partial charge on any atom is 0.254 e. The lowest BCUT2D eigenvalue weighted by Gasteiger charge is -2.36.